The Morgan fingerprint density at radius 2 is 1.94 bits per heavy atom. The van der Waals surface area contributed by atoms with E-state index in [1.165, 1.54) is 0 Å². The fraction of sp³-hybridized carbons (Fsp3) is 0.909. The van der Waals surface area contributed by atoms with Crippen molar-refractivity contribution in [2.24, 2.45) is 0 Å². The second-order valence-corrected chi connectivity index (χ2v) is 4.67. The van der Waals surface area contributed by atoms with Crippen molar-refractivity contribution in [1.82, 2.24) is 0 Å². The van der Waals surface area contributed by atoms with E-state index in [1.54, 1.807) is 20.8 Å². The van der Waals surface area contributed by atoms with Gasteiger partial charge in [-0.05, 0) is 27.2 Å². The van der Waals surface area contributed by atoms with Crippen molar-refractivity contribution in [2.45, 2.75) is 65.3 Å². The van der Waals surface area contributed by atoms with E-state index in [0.29, 0.717) is 6.42 Å². The van der Waals surface area contributed by atoms with Crippen molar-refractivity contribution in [3.8, 4) is 0 Å². The third kappa shape index (κ3) is 11.4. The Balaban J connectivity index is 3.88. The molecule has 1 N–H and O–H groups in total. The van der Waals surface area contributed by atoms with Crippen LogP contribution in [0.25, 0.3) is 0 Å². The average Bonchev–Trinajstić information content (AvgIpc) is 2.14. The first-order valence-corrected chi connectivity index (χ1v) is 5.76. The van der Waals surface area contributed by atoms with Gasteiger partial charge in [0.25, 0.3) is 0 Å². The van der Waals surface area contributed by atoms with Crippen LogP contribution in [-0.4, -0.2) is 23.2 Å². The molecular weight excluding hydrogens is 228 g/mol. The lowest BCUT2D eigenvalue weighted by molar-refractivity contribution is -0.566. The van der Waals surface area contributed by atoms with Crippen LogP contribution in [0.2, 0.25) is 0 Å². The number of carbonyl (C=O) groups is 1. The molecule has 0 aliphatic carbocycles. The van der Waals surface area contributed by atoms with Gasteiger partial charge in [-0.1, -0.05) is 24.8 Å². The van der Waals surface area contributed by atoms with Crippen molar-refractivity contribution < 1.29 is 29.5 Å². The third-order valence-corrected chi connectivity index (χ3v) is 1.71. The van der Waals surface area contributed by atoms with E-state index in [9.17, 15) is 4.79 Å². The fourth-order valence-electron chi connectivity index (χ4n) is 0.966. The molecule has 1 unspecified atom stereocenters. The Kier molecular flexibility index (Phi) is 7.86. The Labute approximate surface area is 102 Å². The lowest BCUT2D eigenvalue weighted by Gasteiger charge is -2.19. The van der Waals surface area contributed by atoms with E-state index in [-0.39, 0.29) is 0 Å². The largest absolute Gasteiger partial charge is 0.508 e. The zero-order valence-corrected chi connectivity index (χ0v) is 10.9. The Hall–Kier alpha value is -0.850. The summed E-state index contributed by atoms with van der Waals surface area (Å²) in [5, 5.41) is 13.0. The van der Waals surface area contributed by atoms with Crippen molar-refractivity contribution in [3.05, 3.63) is 0 Å². The Morgan fingerprint density at radius 1 is 1.29 bits per heavy atom. The van der Waals surface area contributed by atoms with Crippen LogP contribution < -0.4 is 0 Å². The highest BCUT2D eigenvalue weighted by molar-refractivity contribution is 5.56. The molecule has 0 fully saturated rings. The zero-order chi connectivity index (χ0) is 13.3. The molecule has 0 aromatic heterocycles. The van der Waals surface area contributed by atoms with Gasteiger partial charge in [0.05, 0.1) is 5.60 Å². The molecule has 0 radical (unpaired) electrons. The first kappa shape index (κ1) is 16.1. The molecule has 0 aromatic carbocycles. The maximum atomic E-state index is 10.4. The van der Waals surface area contributed by atoms with E-state index < -0.39 is 18.0 Å². The van der Waals surface area contributed by atoms with Gasteiger partial charge >= 0.3 is 6.16 Å². The van der Waals surface area contributed by atoms with E-state index in [4.69, 9.17) is 14.9 Å². The van der Waals surface area contributed by atoms with Crippen LogP contribution in [0.1, 0.15) is 53.4 Å². The van der Waals surface area contributed by atoms with Crippen LogP contribution in [0.5, 0.6) is 0 Å². The normalized spacial score (nSPS) is 13.4. The molecule has 0 saturated heterocycles. The average molecular weight is 250 g/mol. The van der Waals surface area contributed by atoms with Gasteiger partial charge in [-0.3, -0.25) is 0 Å². The van der Waals surface area contributed by atoms with E-state index in [0.717, 1.165) is 19.3 Å². The SMILES string of the molecule is CCCCCC(OOOC(C)(C)C)OC(=O)O. The van der Waals surface area contributed by atoms with Crippen molar-refractivity contribution in [1.29, 1.82) is 0 Å². The van der Waals surface area contributed by atoms with E-state index in [1.807, 2.05) is 6.92 Å². The molecule has 0 spiro atoms. The predicted molar refractivity (Wildman–Crippen MR) is 60.0 cm³/mol. The molecule has 0 heterocycles. The summed E-state index contributed by atoms with van der Waals surface area (Å²) >= 11 is 0. The van der Waals surface area contributed by atoms with Crippen molar-refractivity contribution in [3.63, 3.8) is 0 Å². The molecule has 102 valence electrons. The van der Waals surface area contributed by atoms with Crippen molar-refractivity contribution in [2.75, 3.05) is 0 Å². The third-order valence-electron chi connectivity index (χ3n) is 1.71. The van der Waals surface area contributed by atoms with Gasteiger partial charge in [0.2, 0.25) is 6.29 Å². The molecule has 1 atom stereocenters. The fourth-order valence-corrected chi connectivity index (χ4v) is 0.966. The van der Waals surface area contributed by atoms with Gasteiger partial charge in [0.1, 0.15) is 0 Å². The van der Waals surface area contributed by atoms with Crippen LogP contribution in [0, 0.1) is 0 Å². The smallest absolute Gasteiger partial charge is 0.450 e. The summed E-state index contributed by atoms with van der Waals surface area (Å²) in [6, 6.07) is 0. The molecule has 0 rings (SSSR count). The molecule has 6 nitrogen and oxygen atoms in total. The van der Waals surface area contributed by atoms with Gasteiger partial charge in [-0.15, -0.1) is 0 Å². The van der Waals surface area contributed by atoms with Gasteiger partial charge in [0, 0.05) is 6.42 Å². The van der Waals surface area contributed by atoms with Gasteiger partial charge < -0.3 is 9.84 Å². The quantitative estimate of drug-likeness (QED) is 0.234. The number of rotatable bonds is 8. The van der Waals surface area contributed by atoms with Gasteiger partial charge in [0.15, 0.2) is 0 Å². The minimum atomic E-state index is -1.40. The summed E-state index contributed by atoms with van der Waals surface area (Å²) in [7, 11) is 0. The lowest BCUT2D eigenvalue weighted by atomic mass is 10.2. The minimum Gasteiger partial charge on any atom is -0.450 e. The second kappa shape index (κ2) is 8.27. The number of hydrogen-bond donors (Lipinski definition) is 1. The highest BCUT2D eigenvalue weighted by atomic mass is 17.5. The number of hydrogen-bond acceptors (Lipinski definition) is 5. The minimum absolute atomic E-state index is 0.438. The molecule has 0 saturated carbocycles. The summed E-state index contributed by atoms with van der Waals surface area (Å²) < 4.78 is 4.50. The molecule has 6 heteroatoms. The van der Waals surface area contributed by atoms with Crippen LogP contribution in [0.4, 0.5) is 4.79 Å². The van der Waals surface area contributed by atoms with E-state index in [2.05, 4.69) is 9.78 Å². The topological polar surface area (TPSA) is 74.2 Å². The van der Waals surface area contributed by atoms with Crippen molar-refractivity contribution >= 4 is 6.16 Å². The Bertz CT molecular complexity index is 210. The lowest BCUT2D eigenvalue weighted by Crippen LogP contribution is -2.25. The molecule has 0 aromatic rings. The van der Waals surface area contributed by atoms with Gasteiger partial charge in [-0.25, -0.2) is 9.68 Å². The molecule has 17 heavy (non-hydrogen) atoms. The standard InChI is InChI=1S/C11H22O6/c1-5-6-7-8-9(14-10(12)13)15-17-16-11(2,3)4/h9H,5-8H2,1-4H3,(H,12,13). The number of ether oxygens (including phenoxy) is 1. The summed E-state index contributed by atoms with van der Waals surface area (Å²) in [6.07, 6.45) is 0.885. The molecule has 0 aliphatic rings. The maximum Gasteiger partial charge on any atom is 0.508 e. The van der Waals surface area contributed by atoms with E-state index >= 15 is 0 Å². The van der Waals surface area contributed by atoms with Crippen LogP contribution in [-0.2, 0) is 19.6 Å². The molecule has 0 aliphatic heterocycles. The first-order chi connectivity index (χ1) is 7.85. The zero-order valence-electron chi connectivity index (χ0n) is 10.9. The number of unbranched alkanes of at least 4 members (excludes halogenated alkanes) is 2. The summed E-state index contributed by atoms with van der Waals surface area (Å²) in [4.78, 5) is 20.0. The summed E-state index contributed by atoms with van der Waals surface area (Å²) in [5.41, 5.74) is -0.531. The highest BCUT2D eigenvalue weighted by Crippen LogP contribution is 2.12. The summed E-state index contributed by atoms with van der Waals surface area (Å²) in [5.74, 6) is 0. The van der Waals surface area contributed by atoms with Crippen LogP contribution in [0.3, 0.4) is 0 Å². The molecular formula is C11H22O6. The Morgan fingerprint density at radius 3 is 2.41 bits per heavy atom. The predicted octanol–water partition coefficient (Wildman–Crippen LogP) is 3.27. The first-order valence-electron chi connectivity index (χ1n) is 5.76. The highest BCUT2D eigenvalue weighted by Gasteiger charge is 2.18. The summed E-state index contributed by atoms with van der Waals surface area (Å²) in [6.45, 7) is 7.38. The number of carboxylic acid groups (broad SMARTS) is 1. The molecule has 0 bridgehead atoms. The van der Waals surface area contributed by atoms with Gasteiger partial charge in [-0.2, -0.15) is 4.89 Å². The monoisotopic (exact) mass is 250 g/mol. The van der Waals surface area contributed by atoms with Crippen LogP contribution in [0.15, 0.2) is 0 Å². The maximum absolute atomic E-state index is 10.4. The van der Waals surface area contributed by atoms with Crippen LogP contribution >= 0.6 is 0 Å². The molecule has 0 amide bonds. The second-order valence-electron chi connectivity index (χ2n) is 4.67.